The third-order valence-corrected chi connectivity index (χ3v) is 2.98. The molecule has 0 atom stereocenters. The van der Waals surface area contributed by atoms with E-state index in [1.54, 1.807) is 16.8 Å². The highest BCUT2D eigenvalue weighted by Gasteiger charge is 2.06. The molecule has 0 bridgehead atoms. The Kier molecular flexibility index (Phi) is 4.77. The van der Waals surface area contributed by atoms with E-state index in [1.165, 1.54) is 0 Å². The number of amides is 2. The number of hydrogen-bond donors (Lipinski definition) is 3. The summed E-state index contributed by atoms with van der Waals surface area (Å²) >= 11 is 0. The summed E-state index contributed by atoms with van der Waals surface area (Å²) in [5.41, 5.74) is 3.37. The van der Waals surface area contributed by atoms with Gasteiger partial charge >= 0.3 is 12.0 Å². The van der Waals surface area contributed by atoms with Crippen molar-refractivity contribution in [2.45, 2.75) is 20.3 Å². The Morgan fingerprint density at radius 3 is 2.68 bits per heavy atom. The number of nitrogens with one attached hydrogen (secondary N) is 2. The van der Waals surface area contributed by atoms with Crippen LogP contribution < -0.4 is 10.6 Å². The zero-order valence-electron chi connectivity index (χ0n) is 12.5. The number of aliphatic carboxylic acids is 1. The van der Waals surface area contributed by atoms with Gasteiger partial charge in [-0.05, 0) is 38.1 Å². The highest BCUT2D eigenvalue weighted by Crippen LogP contribution is 2.16. The van der Waals surface area contributed by atoms with Crippen LogP contribution in [0.2, 0.25) is 0 Å². The van der Waals surface area contributed by atoms with Gasteiger partial charge < -0.3 is 15.7 Å². The van der Waals surface area contributed by atoms with Crippen LogP contribution in [0.25, 0.3) is 5.69 Å². The molecule has 1 aromatic heterocycles. The molecule has 2 amide bonds. The maximum absolute atomic E-state index is 11.7. The minimum Gasteiger partial charge on any atom is -0.481 e. The zero-order valence-corrected chi connectivity index (χ0v) is 12.5. The number of nitrogens with zero attached hydrogens (tertiary/aromatic N) is 2. The van der Waals surface area contributed by atoms with Crippen LogP contribution in [-0.4, -0.2) is 33.4 Å². The molecule has 116 valence electrons. The molecule has 0 fully saturated rings. The third-order valence-electron chi connectivity index (χ3n) is 2.98. The summed E-state index contributed by atoms with van der Waals surface area (Å²) in [4.78, 5) is 22.1. The van der Waals surface area contributed by atoms with Gasteiger partial charge in [-0.3, -0.25) is 4.79 Å². The summed E-state index contributed by atoms with van der Waals surface area (Å²) in [6, 6.07) is 8.80. The second-order valence-electron chi connectivity index (χ2n) is 4.91. The zero-order chi connectivity index (χ0) is 16.1. The SMILES string of the molecule is Cc1cc(C)n(-c2cccc(NC(=O)NCCC(=O)O)c2)n1. The number of aromatic nitrogens is 2. The van der Waals surface area contributed by atoms with Gasteiger partial charge in [-0.15, -0.1) is 0 Å². The molecule has 0 spiro atoms. The highest BCUT2D eigenvalue weighted by atomic mass is 16.4. The number of aryl methyl sites for hydroxylation is 2. The maximum atomic E-state index is 11.7. The lowest BCUT2D eigenvalue weighted by Gasteiger charge is -2.09. The van der Waals surface area contributed by atoms with E-state index < -0.39 is 12.0 Å². The fourth-order valence-corrected chi connectivity index (χ4v) is 2.06. The van der Waals surface area contributed by atoms with Crippen molar-refractivity contribution in [1.82, 2.24) is 15.1 Å². The molecule has 7 heteroatoms. The van der Waals surface area contributed by atoms with E-state index in [4.69, 9.17) is 5.11 Å². The Bertz CT molecular complexity index is 694. The Morgan fingerprint density at radius 2 is 2.05 bits per heavy atom. The van der Waals surface area contributed by atoms with Gasteiger partial charge in [-0.25, -0.2) is 9.48 Å². The Balaban J connectivity index is 2.04. The molecule has 0 aliphatic heterocycles. The number of hydrogen-bond acceptors (Lipinski definition) is 3. The molecule has 1 heterocycles. The van der Waals surface area contributed by atoms with Gasteiger partial charge in [0.2, 0.25) is 0 Å². The molecule has 0 radical (unpaired) electrons. The lowest BCUT2D eigenvalue weighted by molar-refractivity contribution is -0.136. The van der Waals surface area contributed by atoms with Gasteiger partial charge in [0.15, 0.2) is 0 Å². The minimum atomic E-state index is -0.952. The normalized spacial score (nSPS) is 10.3. The van der Waals surface area contributed by atoms with Crippen LogP contribution in [-0.2, 0) is 4.79 Å². The standard InChI is InChI=1S/C15H18N4O3/c1-10-8-11(2)19(18-10)13-5-3-4-12(9-13)17-15(22)16-7-6-14(20)21/h3-5,8-9H,6-7H2,1-2H3,(H,20,21)(H2,16,17,22). The van der Waals surface area contributed by atoms with Gasteiger partial charge in [-0.2, -0.15) is 5.10 Å². The first-order valence-electron chi connectivity index (χ1n) is 6.86. The number of benzene rings is 1. The van der Waals surface area contributed by atoms with Crippen LogP contribution in [0.15, 0.2) is 30.3 Å². The number of carboxylic acids is 1. The Morgan fingerprint density at radius 1 is 1.27 bits per heavy atom. The summed E-state index contributed by atoms with van der Waals surface area (Å²) in [5.74, 6) is -0.952. The van der Waals surface area contributed by atoms with E-state index in [9.17, 15) is 9.59 Å². The molecule has 0 aliphatic carbocycles. The highest BCUT2D eigenvalue weighted by molar-refractivity contribution is 5.89. The average molecular weight is 302 g/mol. The van der Waals surface area contributed by atoms with Gasteiger partial charge in [0, 0.05) is 17.9 Å². The average Bonchev–Trinajstić information content (AvgIpc) is 2.77. The lowest BCUT2D eigenvalue weighted by atomic mass is 10.2. The predicted molar refractivity (Wildman–Crippen MR) is 82.3 cm³/mol. The molecule has 3 N–H and O–H groups in total. The van der Waals surface area contributed by atoms with Gasteiger partial charge in [0.05, 0.1) is 17.8 Å². The van der Waals surface area contributed by atoms with E-state index in [2.05, 4.69) is 15.7 Å². The van der Waals surface area contributed by atoms with Crippen molar-refractivity contribution in [2.75, 3.05) is 11.9 Å². The van der Waals surface area contributed by atoms with Crippen LogP contribution in [0.1, 0.15) is 17.8 Å². The van der Waals surface area contributed by atoms with Gasteiger partial charge in [0.25, 0.3) is 0 Å². The molecule has 0 aliphatic rings. The van der Waals surface area contributed by atoms with Crippen LogP contribution in [0.4, 0.5) is 10.5 Å². The van der Waals surface area contributed by atoms with E-state index in [0.717, 1.165) is 17.1 Å². The predicted octanol–water partition coefficient (Wildman–Crippen LogP) is 2.09. The summed E-state index contributed by atoms with van der Waals surface area (Å²) < 4.78 is 1.79. The first-order chi connectivity index (χ1) is 10.5. The molecular formula is C15H18N4O3. The minimum absolute atomic E-state index is 0.0817. The van der Waals surface area contributed by atoms with E-state index >= 15 is 0 Å². The molecule has 2 aromatic rings. The van der Waals surface area contributed by atoms with Gasteiger partial charge in [-0.1, -0.05) is 6.07 Å². The number of carbonyl (C=O) groups is 2. The first-order valence-corrected chi connectivity index (χ1v) is 6.86. The summed E-state index contributed by atoms with van der Waals surface area (Å²) in [6.07, 6.45) is -0.112. The topological polar surface area (TPSA) is 96.2 Å². The number of rotatable bonds is 5. The van der Waals surface area contributed by atoms with E-state index in [0.29, 0.717) is 5.69 Å². The second kappa shape index (κ2) is 6.75. The van der Waals surface area contributed by atoms with E-state index in [-0.39, 0.29) is 13.0 Å². The molecule has 2 rings (SSSR count). The quantitative estimate of drug-likeness (QED) is 0.788. The van der Waals surface area contributed by atoms with Crippen molar-refractivity contribution in [2.24, 2.45) is 0 Å². The first kappa shape index (κ1) is 15.6. The summed E-state index contributed by atoms with van der Waals surface area (Å²) in [6.45, 7) is 3.96. The third kappa shape index (κ3) is 4.08. The van der Waals surface area contributed by atoms with Crippen molar-refractivity contribution in [3.8, 4) is 5.69 Å². The van der Waals surface area contributed by atoms with Crippen molar-refractivity contribution >= 4 is 17.7 Å². The monoisotopic (exact) mass is 302 g/mol. The van der Waals surface area contributed by atoms with Crippen molar-refractivity contribution < 1.29 is 14.7 Å². The molecule has 1 aromatic carbocycles. The number of urea groups is 1. The van der Waals surface area contributed by atoms with Crippen LogP contribution in [0, 0.1) is 13.8 Å². The van der Waals surface area contributed by atoms with Crippen molar-refractivity contribution in [1.29, 1.82) is 0 Å². The fourth-order valence-electron chi connectivity index (χ4n) is 2.06. The largest absolute Gasteiger partial charge is 0.481 e. The molecule has 22 heavy (non-hydrogen) atoms. The van der Waals surface area contributed by atoms with Crippen LogP contribution in [0.5, 0.6) is 0 Å². The van der Waals surface area contributed by atoms with Gasteiger partial charge in [0.1, 0.15) is 0 Å². The second-order valence-corrected chi connectivity index (χ2v) is 4.91. The summed E-state index contributed by atoms with van der Waals surface area (Å²) in [5, 5.41) is 18.1. The Hall–Kier alpha value is -2.83. The molecule has 0 unspecified atom stereocenters. The molecular weight excluding hydrogens is 284 g/mol. The van der Waals surface area contributed by atoms with Crippen molar-refractivity contribution in [3.63, 3.8) is 0 Å². The summed E-state index contributed by atoms with van der Waals surface area (Å²) in [7, 11) is 0. The maximum Gasteiger partial charge on any atom is 0.319 e. The Labute approximate surface area is 128 Å². The molecule has 7 nitrogen and oxygen atoms in total. The molecule has 0 saturated heterocycles. The van der Waals surface area contributed by atoms with E-state index in [1.807, 2.05) is 32.0 Å². The number of carboxylic acid groups (broad SMARTS) is 1. The number of anilines is 1. The van der Waals surface area contributed by atoms with Crippen LogP contribution >= 0.6 is 0 Å². The fraction of sp³-hybridized carbons (Fsp3) is 0.267. The molecule has 0 saturated carbocycles. The smallest absolute Gasteiger partial charge is 0.319 e. The lowest BCUT2D eigenvalue weighted by Crippen LogP contribution is -2.30. The number of carbonyl (C=O) groups excluding carboxylic acids is 1. The van der Waals surface area contributed by atoms with Crippen LogP contribution in [0.3, 0.4) is 0 Å². The van der Waals surface area contributed by atoms with Crippen molar-refractivity contribution in [3.05, 3.63) is 41.7 Å².